The Kier molecular flexibility index (Phi) is 3.04. The first-order valence-electron chi connectivity index (χ1n) is 7.09. The maximum Gasteiger partial charge on any atom is 0.248 e. The van der Waals surface area contributed by atoms with Crippen LogP contribution < -0.4 is 0 Å². The van der Waals surface area contributed by atoms with Crippen molar-refractivity contribution in [2.75, 3.05) is 0 Å². The minimum atomic E-state index is -0.240. The second-order valence-electron chi connectivity index (χ2n) is 5.20. The molecule has 0 bridgehead atoms. The van der Waals surface area contributed by atoms with Crippen molar-refractivity contribution in [2.24, 2.45) is 4.99 Å². The SMILES string of the molecule is Fc1ccc(C2CC(c3ccccc3)=Nc3ncnn32)cc1. The number of aromatic nitrogens is 3. The van der Waals surface area contributed by atoms with Crippen LogP contribution in [0.1, 0.15) is 23.6 Å². The van der Waals surface area contributed by atoms with Crippen molar-refractivity contribution in [1.29, 1.82) is 0 Å². The lowest BCUT2D eigenvalue weighted by molar-refractivity contribution is 0.529. The van der Waals surface area contributed by atoms with E-state index in [2.05, 4.69) is 15.1 Å². The summed E-state index contributed by atoms with van der Waals surface area (Å²) in [4.78, 5) is 8.82. The quantitative estimate of drug-likeness (QED) is 0.725. The largest absolute Gasteiger partial charge is 0.248 e. The summed E-state index contributed by atoms with van der Waals surface area (Å²) < 4.78 is 15.0. The van der Waals surface area contributed by atoms with Crippen LogP contribution in [-0.4, -0.2) is 20.5 Å². The molecule has 4 rings (SSSR count). The van der Waals surface area contributed by atoms with Crippen LogP contribution in [0.2, 0.25) is 0 Å². The van der Waals surface area contributed by atoms with E-state index < -0.39 is 0 Å². The third-order valence-electron chi connectivity index (χ3n) is 3.83. The Morgan fingerprint density at radius 3 is 2.55 bits per heavy atom. The molecule has 0 saturated carbocycles. The van der Waals surface area contributed by atoms with E-state index in [0.29, 0.717) is 12.4 Å². The van der Waals surface area contributed by atoms with E-state index in [1.165, 1.54) is 18.5 Å². The molecular formula is C17H13FN4. The summed E-state index contributed by atoms with van der Waals surface area (Å²) in [6.07, 6.45) is 2.20. The number of fused-ring (bicyclic) bond motifs is 1. The van der Waals surface area contributed by atoms with E-state index in [1.54, 1.807) is 16.8 Å². The van der Waals surface area contributed by atoms with Crippen molar-refractivity contribution in [2.45, 2.75) is 12.5 Å². The van der Waals surface area contributed by atoms with Gasteiger partial charge in [-0.2, -0.15) is 10.1 Å². The van der Waals surface area contributed by atoms with Crippen LogP contribution in [0.15, 0.2) is 65.9 Å². The molecule has 3 aromatic rings. The molecule has 0 N–H and O–H groups in total. The van der Waals surface area contributed by atoms with Gasteiger partial charge < -0.3 is 0 Å². The highest BCUT2D eigenvalue weighted by Gasteiger charge is 2.25. The highest BCUT2D eigenvalue weighted by atomic mass is 19.1. The smallest absolute Gasteiger partial charge is 0.222 e. The van der Waals surface area contributed by atoms with E-state index in [1.807, 2.05) is 30.3 Å². The fourth-order valence-electron chi connectivity index (χ4n) is 2.74. The Morgan fingerprint density at radius 1 is 1.00 bits per heavy atom. The first-order valence-corrected chi connectivity index (χ1v) is 7.09. The second-order valence-corrected chi connectivity index (χ2v) is 5.20. The minimum Gasteiger partial charge on any atom is -0.222 e. The Hall–Kier alpha value is -2.82. The maximum atomic E-state index is 13.2. The van der Waals surface area contributed by atoms with Gasteiger partial charge >= 0.3 is 0 Å². The van der Waals surface area contributed by atoms with Gasteiger partial charge in [0.15, 0.2) is 0 Å². The summed E-state index contributed by atoms with van der Waals surface area (Å²) in [7, 11) is 0. The summed E-state index contributed by atoms with van der Waals surface area (Å²) in [6.45, 7) is 0. The molecular weight excluding hydrogens is 279 g/mol. The van der Waals surface area contributed by atoms with E-state index in [-0.39, 0.29) is 11.9 Å². The normalized spacial score (nSPS) is 17.0. The standard InChI is InChI=1S/C17H13FN4/c18-14-8-6-13(7-9-14)16-10-15(12-4-2-1-3-5-12)21-17-19-11-20-22(16)17/h1-9,11,16H,10H2. The lowest BCUT2D eigenvalue weighted by Crippen LogP contribution is -2.21. The van der Waals surface area contributed by atoms with Crippen molar-refractivity contribution in [3.8, 4) is 0 Å². The summed E-state index contributed by atoms with van der Waals surface area (Å²) in [5, 5.41) is 4.27. The number of hydrogen-bond acceptors (Lipinski definition) is 3. The van der Waals surface area contributed by atoms with Crippen LogP contribution >= 0.6 is 0 Å². The fourth-order valence-corrected chi connectivity index (χ4v) is 2.74. The van der Waals surface area contributed by atoms with Gasteiger partial charge in [-0.1, -0.05) is 42.5 Å². The number of rotatable bonds is 2. The molecule has 22 heavy (non-hydrogen) atoms. The molecule has 0 spiro atoms. The van der Waals surface area contributed by atoms with Crippen LogP contribution in [0.3, 0.4) is 0 Å². The summed E-state index contributed by atoms with van der Waals surface area (Å²) in [5.74, 6) is 0.342. The molecule has 0 aliphatic carbocycles. The van der Waals surface area contributed by atoms with E-state index in [4.69, 9.17) is 0 Å². The zero-order chi connectivity index (χ0) is 14.9. The van der Waals surface area contributed by atoms with Crippen molar-refractivity contribution in [3.05, 3.63) is 77.9 Å². The monoisotopic (exact) mass is 292 g/mol. The number of hydrogen-bond donors (Lipinski definition) is 0. The Labute approximate surface area is 127 Å². The van der Waals surface area contributed by atoms with Gasteiger partial charge in [-0.3, -0.25) is 0 Å². The van der Waals surface area contributed by atoms with Gasteiger partial charge in [-0.05, 0) is 23.3 Å². The van der Waals surface area contributed by atoms with Crippen LogP contribution in [0.25, 0.3) is 0 Å². The topological polar surface area (TPSA) is 43.1 Å². The molecule has 108 valence electrons. The van der Waals surface area contributed by atoms with Gasteiger partial charge in [0.25, 0.3) is 0 Å². The molecule has 1 unspecified atom stereocenters. The first kappa shape index (κ1) is 12.9. The molecule has 2 aromatic carbocycles. The second kappa shape index (κ2) is 5.18. The van der Waals surface area contributed by atoms with Gasteiger partial charge in [0.05, 0.1) is 11.8 Å². The fraction of sp³-hybridized carbons (Fsp3) is 0.118. The molecule has 0 saturated heterocycles. The molecule has 2 heterocycles. The molecule has 1 aliphatic heterocycles. The van der Waals surface area contributed by atoms with Gasteiger partial charge in [-0.15, -0.1) is 0 Å². The average Bonchev–Trinajstić information content (AvgIpc) is 3.04. The van der Waals surface area contributed by atoms with Crippen molar-refractivity contribution < 1.29 is 4.39 Å². The van der Waals surface area contributed by atoms with Gasteiger partial charge in [0.1, 0.15) is 12.1 Å². The highest BCUT2D eigenvalue weighted by molar-refractivity contribution is 6.02. The van der Waals surface area contributed by atoms with Crippen molar-refractivity contribution in [1.82, 2.24) is 14.8 Å². The predicted molar refractivity (Wildman–Crippen MR) is 81.8 cm³/mol. The lowest BCUT2D eigenvalue weighted by Gasteiger charge is -2.23. The minimum absolute atomic E-state index is 0.0224. The Balaban J connectivity index is 1.79. The van der Waals surface area contributed by atoms with E-state index in [9.17, 15) is 4.39 Å². The number of nitrogens with zero attached hydrogens (tertiary/aromatic N) is 4. The van der Waals surface area contributed by atoms with Crippen LogP contribution in [0, 0.1) is 5.82 Å². The predicted octanol–water partition coefficient (Wildman–Crippen LogP) is 3.53. The Morgan fingerprint density at radius 2 is 1.77 bits per heavy atom. The van der Waals surface area contributed by atoms with Crippen LogP contribution in [0.4, 0.5) is 10.3 Å². The van der Waals surface area contributed by atoms with E-state index >= 15 is 0 Å². The van der Waals surface area contributed by atoms with Gasteiger partial charge in [0, 0.05) is 6.42 Å². The van der Waals surface area contributed by atoms with Crippen LogP contribution in [0.5, 0.6) is 0 Å². The molecule has 1 aromatic heterocycles. The van der Waals surface area contributed by atoms with Crippen LogP contribution in [-0.2, 0) is 0 Å². The molecule has 0 fully saturated rings. The molecule has 1 aliphatic rings. The summed E-state index contributed by atoms with van der Waals surface area (Å²) in [6, 6.07) is 16.5. The zero-order valence-corrected chi connectivity index (χ0v) is 11.7. The molecule has 4 nitrogen and oxygen atoms in total. The lowest BCUT2D eigenvalue weighted by atomic mass is 9.96. The number of aliphatic imine (C=N–C) groups is 1. The van der Waals surface area contributed by atoms with Crippen molar-refractivity contribution in [3.63, 3.8) is 0 Å². The average molecular weight is 292 g/mol. The van der Waals surface area contributed by atoms with Gasteiger partial charge in [-0.25, -0.2) is 14.1 Å². The number of halogens is 1. The third-order valence-corrected chi connectivity index (χ3v) is 3.83. The molecule has 0 radical (unpaired) electrons. The third kappa shape index (κ3) is 2.20. The summed E-state index contributed by atoms with van der Waals surface area (Å²) in [5.41, 5.74) is 3.04. The Bertz CT molecular complexity index is 821. The molecule has 1 atom stereocenters. The van der Waals surface area contributed by atoms with Crippen molar-refractivity contribution >= 4 is 11.7 Å². The maximum absolute atomic E-state index is 13.2. The van der Waals surface area contributed by atoms with Gasteiger partial charge in [0.2, 0.25) is 5.95 Å². The van der Waals surface area contributed by atoms with E-state index in [0.717, 1.165) is 16.8 Å². The summed E-state index contributed by atoms with van der Waals surface area (Å²) >= 11 is 0. The zero-order valence-electron chi connectivity index (χ0n) is 11.7. The molecule has 5 heteroatoms. The highest BCUT2D eigenvalue weighted by Crippen LogP contribution is 2.31. The molecule has 0 amide bonds. The first-order chi connectivity index (χ1) is 10.8. The number of benzene rings is 2.